The van der Waals surface area contributed by atoms with Crippen molar-refractivity contribution in [3.63, 3.8) is 0 Å². The summed E-state index contributed by atoms with van der Waals surface area (Å²) in [4.78, 5) is 12.3. The minimum absolute atomic E-state index is 0. The van der Waals surface area contributed by atoms with Crippen molar-refractivity contribution in [1.82, 2.24) is 5.32 Å². The number of fused-ring (bicyclic) bond motifs is 1. The molecular weight excluding hydrogens is 365 g/mol. The molecule has 3 rings (SSSR count). The molecule has 0 aliphatic heterocycles. The van der Waals surface area contributed by atoms with E-state index in [9.17, 15) is 18.0 Å². The van der Waals surface area contributed by atoms with Gasteiger partial charge in [0, 0.05) is 5.69 Å². The van der Waals surface area contributed by atoms with Gasteiger partial charge in [-0.1, -0.05) is 18.2 Å². The average molecular weight is 385 g/mol. The van der Waals surface area contributed by atoms with Gasteiger partial charge in [-0.05, 0) is 60.2 Å². The monoisotopic (exact) mass is 384 g/mol. The van der Waals surface area contributed by atoms with Gasteiger partial charge in [0.15, 0.2) is 0 Å². The highest BCUT2D eigenvalue weighted by atomic mass is 35.5. The van der Waals surface area contributed by atoms with E-state index in [1.807, 2.05) is 18.2 Å². The lowest BCUT2D eigenvalue weighted by molar-refractivity contribution is -0.137. The Hall–Kier alpha value is -2.21. The van der Waals surface area contributed by atoms with Crippen LogP contribution in [0.3, 0.4) is 0 Å². The first-order valence-corrected chi connectivity index (χ1v) is 8.17. The van der Waals surface area contributed by atoms with Crippen molar-refractivity contribution >= 4 is 24.0 Å². The summed E-state index contributed by atoms with van der Waals surface area (Å²) in [5.41, 5.74) is 8.57. The summed E-state index contributed by atoms with van der Waals surface area (Å²) in [5.74, 6) is -0.200. The zero-order chi connectivity index (χ0) is 18.0. The third-order valence-corrected chi connectivity index (χ3v) is 4.46. The fourth-order valence-corrected chi connectivity index (χ4v) is 3.23. The Morgan fingerprint density at radius 2 is 1.85 bits per heavy atom. The number of carbonyl (C=O) groups is 1. The van der Waals surface area contributed by atoms with Crippen LogP contribution in [0.25, 0.3) is 0 Å². The fourth-order valence-electron chi connectivity index (χ4n) is 3.23. The van der Waals surface area contributed by atoms with Gasteiger partial charge in [0.2, 0.25) is 5.91 Å². The molecular formula is C19H20ClF3N2O. The lowest BCUT2D eigenvalue weighted by Crippen LogP contribution is -2.32. The van der Waals surface area contributed by atoms with Gasteiger partial charge < -0.3 is 11.1 Å². The predicted octanol–water partition coefficient (Wildman–Crippen LogP) is 4.45. The molecule has 2 aromatic rings. The van der Waals surface area contributed by atoms with Gasteiger partial charge >= 0.3 is 6.18 Å². The maximum atomic E-state index is 12.6. The number of nitrogens with two attached hydrogens (primary N) is 1. The number of rotatable bonds is 3. The molecule has 140 valence electrons. The predicted molar refractivity (Wildman–Crippen MR) is 97.1 cm³/mol. The van der Waals surface area contributed by atoms with Crippen molar-refractivity contribution in [1.29, 1.82) is 0 Å². The van der Waals surface area contributed by atoms with Crippen LogP contribution in [0.1, 0.15) is 41.1 Å². The van der Waals surface area contributed by atoms with E-state index in [2.05, 4.69) is 5.32 Å². The van der Waals surface area contributed by atoms with Gasteiger partial charge in [-0.15, -0.1) is 12.4 Å². The van der Waals surface area contributed by atoms with E-state index in [0.717, 1.165) is 42.5 Å². The molecule has 1 unspecified atom stereocenters. The van der Waals surface area contributed by atoms with Gasteiger partial charge in [0.25, 0.3) is 0 Å². The molecule has 1 aliphatic rings. The van der Waals surface area contributed by atoms with Crippen molar-refractivity contribution in [2.24, 2.45) is 0 Å². The highest BCUT2D eigenvalue weighted by Crippen LogP contribution is 2.31. The van der Waals surface area contributed by atoms with Crippen LogP contribution in [0.15, 0.2) is 42.5 Å². The molecule has 1 aliphatic carbocycles. The Balaban J connectivity index is 0.00000243. The standard InChI is InChI=1S/C19H19F3N2O.ClH/c20-19(21,22)14-6-4-12(5-7-14)10-18(25)24-17-3-1-2-13-11-15(23)8-9-16(13)17;/h4-9,11,17H,1-3,10,23H2,(H,24,25);1H. The number of aryl methyl sites for hydroxylation is 1. The molecule has 0 bridgehead atoms. The summed E-state index contributed by atoms with van der Waals surface area (Å²) >= 11 is 0. The maximum absolute atomic E-state index is 12.6. The minimum Gasteiger partial charge on any atom is -0.399 e. The number of nitrogens with one attached hydrogen (secondary N) is 1. The molecule has 0 saturated heterocycles. The first-order valence-electron chi connectivity index (χ1n) is 8.17. The minimum atomic E-state index is -4.37. The first kappa shape index (κ1) is 20.1. The van der Waals surface area contributed by atoms with Gasteiger partial charge in [-0.3, -0.25) is 4.79 Å². The second-order valence-corrected chi connectivity index (χ2v) is 6.34. The normalized spacial score (nSPS) is 16.3. The summed E-state index contributed by atoms with van der Waals surface area (Å²) in [5, 5.41) is 2.99. The zero-order valence-electron chi connectivity index (χ0n) is 14.0. The average Bonchev–Trinajstić information content (AvgIpc) is 2.54. The molecule has 0 heterocycles. The molecule has 2 aromatic carbocycles. The van der Waals surface area contributed by atoms with Crippen LogP contribution in [0.5, 0.6) is 0 Å². The smallest absolute Gasteiger partial charge is 0.399 e. The number of halogens is 4. The Morgan fingerprint density at radius 1 is 1.15 bits per heavy atom. The molecule has 3 nitrogen and oxygen atoms in total. The molecule has 1 amide bonds. The summed E-state index contributed by atoms with van der Waals surface area (Å²) in [6.45, 7) is 0. The Labute approximate surface area is 156 Å². The van der Waals surface area contributed by atoms with E-state index in [4.69, 9.17) is 5.73 Å². The summed E-state index contributed by atoms with van der Waals surface area (Å²) < 4.78 is 37.7. The quantitative estimate of drug-likeness (QED) is 0.768. The first-order chi connectivity index (χ1) is 11.8. The van der Waals surface area contributed by atoms with E-state index >= 15 is 0 Å². The number of nitrogen functional groups attached to an aromatic ring is 1. The zero-order valence-corrected chi connectivity index (χ0v) is 14.8. The molecule has 3 N–H and O–H groups in total. The molecule has 1 atom stereocenters. The molecule has 0 spiro atoms. The van der Waals surface area contributed by atoms with Gasteiger partial charge in [0.1, 0.15) is 0 Å². The lowest BCUT2D eigenvalue weighted by Gasteiger charge is -2.26. The molecule has 0 aromatic heterocycles. The Bertz CT molecular complexity index is 775. The van der Waals surface area contributed by atoms with Crippen molar-refractivity contribution in [2.45, 2.75) is 37.9 Å². The van der Waals surface area contributed by atoms with Crippen LogP contribution in [0, 0.1) is 0 Å². The SMILES string of the molecule is Cl.Nc1ccc2c(c1)CCCC2NC(=O)Cc1ccc(C(F)(F)F)cc1. The van der Waals surface area contributed by atoms with E-state index < -0.39 is 11.7 Å². The van der Waals surface area contributed by atoms with Crippen molar-refractivity contribution in [3.8, 4) is 0 Å². The van der Waals surface area contributed by atoms with Crippen LogP contribution in [0.2, 0.25) is 0 Å². The number of hydrogen-bond donors (Lipinski definition) is 2. The van der Waals surface area contributed by atoms with Gasteiger partial charge in [0.05, 0.1) is 18.0 Å². The number of hydrogen-bond acceptors (Lipinski definition) is 2. The van der Waals surface area contributed by atoms with Crippen molar-refractivity contribution in [3.05, 3.63) is 64.7 Å². The van der Waals surface area contributed by atoms with E-state index in [0.29, 0.717) is 11.3 Å². The molecule has 0 saturated carbocycles. The highest BCUT2D eigenvalue weighted by molar-refractivity contribution is 5.85. The van der Waals surface area contributed by atoms with Gasteiger partial charge in [-0.25, -0.2) is 0 Å². The molecule has 0 fully saturated rings. The molecule has 0 radical (unpaired) electrons. The number of amides is 1. The number of anilines is 1. The van der Waals surface area contributed by atoms with Crippen LogP contribution in [-0.2, 0) is 23.8 Å². The second kappa shape index (κ2) is 7.99. The Kier molecular flexibility index (Phi) is 6.18. The van der Waals surface area contributed by atoms with Crippen LogP contribution in [0.4, 0.5) is 18.9 Å². The third kappa shape index (κ3) is 4.69. The van der Waals surface area contributed by atoms with Crippen molar-refractivity contribution < 1.29 is 18.0 Å². The van der Waals surface area contributed by atoms with Crippen LogP contribution in [-0.4, -0.2) is 5.91 Å². The van der Waals surface area contributed by atoms with Crippen molar-refractivity contribution in [2.75, 3.05) is 5.73 Å². The Morgan fingerprint density at radius 3 is 2.50 bits per heavy atom. The second-order valence-electron chi connectivity index (χ2n) is 6.34. The molecule has 26 heavy (non-hydrogen) atoms. The number of benzene rings is 2. The number of alkyl halides is 3. The third-order valence-electron chi connectivity index (χ3n) is 4.46. The van der Waals surface area contributed by atoms with Crippen LogP contribution < -0.4 is 11.1 Å². The summed E-state index contributed by atoms with van der Waals surface area (Å²) in [7, 11) is 0. The van der Waals surface area contributed by atoms with E-state index in [1.54, 1.807) is 0 Å². The fraction of sp³-hybridized carbons (Fsp3) is 0.316. The number of carbonyl (C=O) groups excluding carboxylic acids is 1. The summed E-state index contributed by atoms with van der Waals surface area (Å²) in [6, 6.07) is 10.3. The molecule has 7 heteroatoms. The largest absolute Gasteiger partial charge is 0.416 e. The van der Waals surface area contributed by atoms with E-state index in [-0.39, 0.29) is 30.8 Å². The lowest BCUT2D eigenvalue weighted by atomic mass is 9.87. The van der Waals surface area contributed by atoms with E-state index in [1.165, 1.54) is 12.1 Å². The van der Waals surface area contributed by atoms with Gasteiger partial charge in [-0.2, -0.15) is 13.2 Å². The topological polar surface area (TPSA) is 55.1 Å². The highest BCUT2D eigenvalue weighted by Gasteiger charge is 2.30. The summed E-state index contributed by atoms with van der Waals surface area (Å²) in [6.07, 6.45) is -1.57. The van der Waals surface area contributed by atoms with Crippen LogP contribution >= 0.6 is 12.4 Å². The maximum Gasteiger partial charge on any atom is 0.416 e.